The largest absolute Gasteiger partial charge is 0.207 e. The van der Waals surface area contributed by atoms with Crippen molar-refractivity contribution in [2.24, 2.45) is 0 Å². The highest BCUT2D eigenvalue weighted by Crippen LogP contribution is 2.07. The normalized spacial score (nSPS) is 9.00. The molecule has 0 fully saturated rings. The van der Waals surface area contributed by atoms with Gasteiger partial charge in [0.05, 0.1) is 0 Å². The van der Waals surface area contributed by atoms with E-state index in [0.29, 0.717) is 0 Å². The lowest BCUT2D eigenvalue weighted by Gasteiger charge is -1.97. The monoisotopic (exact) mass is 182 g/mol. The number of aryl methyl sites for hydroxylation is 2. The Labute approximate surface area is 80.8 Å². The fourth-order valence-electron chi connectivity index (χ4n) is 1.02. The molecule has 0 nitrogen and oxygen atoms in total. The van der Waals surface area contributed by atoms with Crippen LogP contribution in [0.1, 0.15) is 38.3 Å². The second kappa shape index (κ2) is 6.64. The van der Waals surface area contributed by atoms with Crippen LogP contribution in [0.3, 0.4) is 0 Å². The summed E-state index contributed by atoms with van der Waals surface area (Å²) in [6, 6.07) is 5.12. The second-order valence-corrected chi connectivity index (χ2v) is 3.20. The van der Waals surface area contributed by atoms with Gasteiger partial charge in [0, 0.05) is 0 Å². The van der Waals surface area contributed by atoms with Gasteiger partial charge in [-0.15, -0.1) is 0 Å². The highest BCUT2D eigenvalue weighted by atomic mass is 19.1. The Morgan fingerprint density at radius 2 is 1.62 bits per heavy atom. The maximum atomic E-state index is 12.6. The average Bonchev–Trinajstić information content (AvgIpc) is 2.04. The zero-order valence-corrected chi connectivity index (χ0v) is 9.02. The molecule has 1 aromatic carbocycles. The van der Waals surface area contributed by atoms with Gasteiger partial charge in [-0.25, -0.2) is 4.39 Å². The molecule has 13 heavy (non-hydrogen) atoms. The van der Waals surface area contributed by atoms with Gasteiger partial charge in [-0.2, -0.15) is 0 Å². The minimum absolute atomic E-state index is 0.128. The Balaban J connectivity index is 0.000000424. The molecule has 1 heteroatoms. The molecule has 0 aliphatic heterocycles. The molecule has 0 amide bonds. The van der Waals surface area contributed by atoms with Crippen molar-refractivity contribution >= 4 is 0 Å². The van der Waals surface area contributed by atoms with E-state index in [-0.39, 0.29) is 5.82 Å². The number of hydrogen-bond acceptors (Lipinski definition) is 0. The van der Waals surface area contributed by atoms with E-state index in [4.69, 9.17) is 0 Å². The molecule has 0 unspecified atom stereocenters. The predicted octanol–water partition coefficient (Wildman–Crippen LogP) is 4.11. The van der Waals surface area contributed by atoms with Crippen molar-refractivity contribution in [1.82, 2.24) is 0 Å². The lowest BCUT2D eigenvalue weighted by Crippen LogP contribution is -1.84. The van der Waals surface area contributed by atoms with Crippen LogP contribution in [-0.2, 0) is 6.42 Å². The van der Waals surface area contributed by atoms with Crippen LogP contribution in [0.2, 0.25) is 0 Å². The summed E-state index contributed by atoms with van der Waals surface area (Å²) in [6.07, 6.45) is 2.15. The van der Waals surface area contributed by atoms with Crippen molar-refractivity contribution in [3.05, 3.63) is 35.1 Å². The van der Waals surface area contributed by atoms with Gasteiger partial charge in [-0.1, -0.05) is 33.3 Å². The molecule has 0 spiro atoms. The molecule has 0 heterocycles. The van der Waals surface area contributed by atoms with E-state index in [1.54, 1.807) is 12.1 Å². The first kappa shape index (κ1) is 12.2. The fourth-order valence-corrected chi connectivity index (χ4v) is 1.02. The number of rotatable bonds is 1. The highest BCUT2D eigenvalue weighted by Gasteiger charge is 1.93. The minimum Gasteiger partial charge on any atom is -0.207 e. The fraction of sp³-hybridized carbons (Fsp3) is 0.500. The lowest BCUT2D eigenvalue weighted by atomic mass is 10.1. The lowest BCUT2D eigenvalue weighted by molar-refractivity contribution is 0.624. The third-order valence-corrected chi connectivity index (χ3v) is 1.51. The van der Waals surface area contributed by atoms with Crippen molar-refractivity contribution in [3.8, 4) is 0 Å². The molecule has 0 aliphatic carbocycles. The van der Waals surface area contributed by atoms with Crippen molar-refractivity contribution in [2.45, 2.75) is 40.5 Å². The first-order valence-electron chi connectivity index (χ1n) is 4.90. The molecule has 0 N–H and O–H groups in total. The summed E-state index contributed by atoms with van der Waals surface area (Å²) in [5.74, 6) is -0.128. The summed E-state index contributed by atoms with van der Waals surface area (Å²) < 4.78 is 12.6. The quantitative estimate of drug-likeness (QED) is 0.613. The van der Waals surface area contributed by atoms with Gasteiger partial charge in [-0.3, -0.25) is 0 Å². The molecule has 0 radical (unpaired) electrons. The smallest absolute Gasteiger partial charge is 0.123 e. The molecular formula is C12H19F. The predicted molar refractivity (Wildman–Crippen MR) is 56.5 cm³/mol. The van der Waals surface area contributed by atoms with E-state index in [1.807, 2.05) is 19.9 Å². The molecule has 0 aromatic heterocycles. The van der Waals surface area contributed by atoms with Gasteiger partial charge < -0.3 is 0 Å². The van der Waals surface area contributed by atoms with Crippen LogP contribution >= 0.6 is 0 Å². The van der Waals surface area contributed by atoms with Crippen molar-refractivity contribution in [3.63, 3.8) is 0 Å². The minimum atomic E-state index is -0.128. The van der Waals surface area contributed by atoms with Crippen LogP contribution in [-0.4, -0.2) is 0 Å². The summed E-state index contributed by atoms with van der Waals surface area (Å²) in [5, 5.41) is 0. The number of halogens is 1. The van der Waals surface area contributed by atoms with Crippen LogP contribution < -0.4 is 0 Å². The van der Waals surface area contributed by atoms with E-state index in [1.165, 1.54) is 6.42 Å². The van der Waals surface area contributed by atoms with E-state index in [2.05, 4.69) is 13.8 Å². The zero-order valence-electron chi connectivity index (χ0n) is 9.02. The van der Waals surface area contributed by atoms with Crippen LogP contribution in [0.25, 0.3) is 0 Å². The SMILES string of the molecule is CCC.CCc1cc(C)cc(F)c1. The summed E-state index contributed by atoms with van der Waals surface area (Å²) in [7, 11) is 0. The standard InChI is InChI=1S/C9H11F.C3H8/c1-3-8-4-7(2)5-9(10)6-8;1-3-2/h4-6H,3H2,1-2H3;3H2,1-2H3. The maximum Gasteiger partial charge on any atom is 0.123 e. The molecule has 1 aromatic rings. The summed E-state index contributed by atoms with van der Waals surface area (Å²) in [6.45, 7) is 8.18. The van der Waals surface area contributed by atoms with Crippen molar-refractivity contribution < 1.29 is 4.39 Å². The topological polar surface area (TPSA) is 0 Å². The van der Waals surface area contributed by atoms with E-state index in [9.17, 15) is 4.39 Å². The third kappa shape index (κ3) is 5.40. The van der Waals surface area contributed by atoms with Crippen LogP contribution in [0, 0.1) is 12.7 Å². The van der Waals surface area contributed by atoms with E-state index >= 15 is 0 Å². The van der Waals surface area contributed by atoms with Gasteiger partial charge >= 0.3 is 0 Å². The Morgan fingerprint density at radius 1 is 1.08 bits per heavy atom. The molecular weight excluding hydrogens is 163 g/mol. The van der Waals surface area contributed by atoms with E-state index in [0.717, 1.165) is 17.5 Å². The van der Waals surface area contributed by atoms with Gasteiger partial charge in [0.1, 0.15) is 5.82 Å². The number of benzene rings is 1. The van der Waals surface area contributed by atoms with Crippen molar-refractivity contribution in [2.75, 3.05) is 0 Å². The second-order valence-electron chi connectivity index (χ2n) is 3.20. The van der Waals surface area contributed by atoms with Crippen molar-refractivity contribution in [1.29, 1.82) is 0 Å². The third-order valence-electron chi connectivity index (χ3n) is 1.51. The van der Waals surface area contributed by atoms with Gasteiger partial charge in [-0.05, 0) is 36.6 Å². The Morgan fingerprint density at radius 3 is 2.00 bits per heavy atom. The first-order valence-corrected chi connectivity index (χ1v) is 4.90. The molecule has 0 atom stereocenters. The molecule has 0 bridgehead atoms. The van der Waals surface area contributed by atoms with Gasteiger partial charge in [0.15, 0.2) is 0 Å². The average molecular weight is 182 g/mol. The molecule has 0 aliphatic rings. The number of hydrogen-bond donors (Lipinski definition) is 0. The van der Waals surface area contributed by atoms with Crippen LogP contribution in [0.5, 0.6) is 0 Å². The van der Waals surface area contributed by atoms with Crippen LogP contribution in [0.15, 0.2) is 18.2 Å². The highest BCUT2D eigenvalue weighted by molar-refractivity contribution is 5.23. The first-order chi connectivity index (χ1) is 6.13. The Kier molecular flexibility index (Phi) is 6.21. The Hall–Kier alpha value is -0.850. The maximum absolute atomic E-state index is 12.6. The van der Waals surface area contributed by atoms with Gasteiger partial charge in [0.25, 0.3) is 0 Å². The summed E-state index contributed by atoms with van der Waals surface area (Å²) in [4.78, 5) is 0. The van der Waals surface area contributed by atoms with Crippen LogP contribution in [0.4, 0.5) is 4.39 Å². The molecule has 74 valence electrons. The van der Waals surface area contributed by atoms with E-state index < -0.39 is 0 Å². The van der Waals surface area contributed by atoms with Gasteiger partial charge in [0.2, 0.25) is 0 Å². The Bertz CT molecular complexity index is 221. The summed E-state index contributed by atoms with van der Waals surface area (Å²) in [5.41, 5.74) is 2.06. The zero-order chi connectivity index (χ0) is 10.3. The summed E-state index contributed by atoms with van der Waals surface area (Å²) >= 11 is 0. The molecule has 0 saturated carbocycles. The molecule has 0 saturated heterocycles. The molecule has 1 rings (SSSR count).